The lowest BCUT2D eigenvalue weighted by atomic mass is 10.1. The zero-order valence-electron chi connectivity index (χ0n) is 9.81. The summed E-state index contributed by atoms with van der Waals surface area (Å²) in [6.07, 6.45) is 0.698. The molecule has 0 aromatic heterocycles. The van der Waals surface area contributed by atoms with E-state index in [2.05, 4.69) is 23.7 Å². The summed E-state index contributed by atoms with van der Waals surface area (Å²) >= 11 is 0. The SMILES string of the molecule is CCN(CC)CCc1cc([N+]#N)ccc1[O-]. The van der Waals surface area contributed by atoms with Crippen molar-refractivity contribution in [3.05, 3.63) is 28.7 Å². The molecule has 0 spiro atoms. The van der Waals surface area contributed by atoms with E-state index in [0.717, 1.165) is 19.6 Å². The third-order valence-corrected chi connectivity index (χ3v) is 2.75. The zero-order valence-corrected chi connectivity index (χ0v) is 9.81. The molecule has 0 aliphatic heterocycles. The van der Waals surface area contributed by atoms with Crippen LogP contribution >= 0.6 is 0 Å². The lowest BCUT2D eigenvalue weighted by Crippen LogP contribution is -2.25. The van der Waals surface area contributed by atoms with Gasteiger partial charge in [0, 0.05) is 18.7 Å². The van der Waals surface area contributed by atoms with Gasteiger partial charge >= 0.3 is 5.69 Å². The molecular weight excluding hydrogens is 202 g/mol. The summed E-state index contributed by atoms with van der Waals surface area (Å²) < 4.78 is 0. The number of benzene rings is 1. The molecule has 0 unspecified atom stereocenters. The molecule has 0 saturated carbocycles. The highest BCUT2D eigenvalue weighted by molar-refractivity contribution is 5.50. The minimum Gasteiger partial charge on any atom is -0.872 e. The van der Waals surface area contributed by atoms with Crippen LogP contribution in [0.25, 0.3) is 4.98 Å². The van der Waals surface area contributed by atoms with E-state index < -0.39 is 0 Å². The van der Waals surface area contributed by atoms with Gasteiger partial charge < -0.3 is 10.0 Å². The van der Waals surface area contributed by atoms with Crippen molar-refractivity contribution in [3.8, 4) is 5.75 Å². The average Bonchev–Trinajstić information content (AvgIpc) is 2.32. The number of rotatable bonds is 5. The van der Waals surface area contributed by atoms with Crippen molar-refractivity contribution >= 4 is 5.69 Å². The van der Waals surface area contributed by atoms with Gasteiger partial charge in [-0.15, -0.1) is 5.75 Å². The maximum absolute atomic E-state index is 11.5. The Labute approximate surface area is 96.1 Å². The minimum atomic E-state index is 0.0135. The van der Waals surface area contributed by atoms with Crippen LogP contribution in [0.4, 0.5) is 5.69 Å². The van der Waals surface area contributed by atoms with Crippen LogP contribution in [0.3, 0.4) is 0 Å². The molecule has 0 N–H and O–H groups in total. The van der Waals surface area contributed by atoms with Crippen LogP contribution in [0.5, 0.6) is 5.75 Å². The fourth-order valence-electron chi connectivity index (χ4n) is 1.64. The Hall–Kier alpha value is -1.60. The topological polar surface area (TPSA) is 54.5 Å². The van der Waals surface area contributed by atoms with Gasteiger partial charge in [-0.2, -0.15) is 0 Å². The maximum atomic E-state index is 11.5. The second-order valence-corrected chi connectivity index (χ2v) is 3.67. The number of nitrogens with zero attached hydrogens (tertiary/aromatic N) is 3. The Bertz CT molecular complexity index is 380. The van der Waals surface area contributed by atoms with Crippen LogP contribution in [-0.4, -0.2) is 24.5 Å². The van der Waals surface area contributed by atoms with Gasteiger partial charge in [0.2, 0.25) is 5.39 Å². The molecule has 0 amide bonds. The summed E-state index contributed by atoms with van der Waals surface area (Å²) in [5, 5.41) is 20.2. The highest BCUT2D eigenvalue weighted by Crippen LogP contribution is 2.21. The Morgan fingerprint density at radius 2 is 2.00 bits per heavy atom. The predicted octanol–water partition coefficient (Wildman–Crippen LogP) is 2.13. The number of hydrogen-bond donors (Lipinski definition) is 0. The van der Waals surface area contributed by atoms with E-state index in [4.69, 9.17) is 5.39 Å². The first-order valence-corrected chi connectivity index (χ1v) is 5.58. The summed E-state index contributed by atoms with van der Waals surface area (Å²) in [5.74, 6) is 0.0135. The van der Waals surface area contributed by atoms with Crippen molar-refractivity contribution in [1.82, 2.24) is 4.90 Å². The molecule has 1 aromatic carbocycles. The van der Waals surface area contributed by atoms with Gasteiger partial charge in [-0.3, -0.25) is 0 Å². The van der Waals surface area contributed by atoms with E-state index in [1.807, 2.05) is 0 Å². The van der Waals surface area contributed by atoms with Crippen molar-refractivity contribution in [1.29, 1.82) is 5.39 Å². The van der Waals surface area contributed by atoms with Gasteiger partial charge in [0.15, 0.2) is 4.98 Å². The van der Waals surface area contributed by atoms with E-state index in [0.29, 0.717) is 17.7 Å². The molecule has 0 radical (unpaired) electrons. The van der Waals surface area contributed by atoms with Crippen LogP contribution in [0.15, 0.2) is 18.2 Å². The second-order valence-electron chi connectivity index (χ2n) is 3.67. The molecule has 0 aliphatic carbocycles. The summed E-state index contributed by atoms with van der Waals surface area (Å²) in [5.41, 5.74) is 1.15. The van der Waals surface area contributed by atoms with Crippen molar-refractivity contribution < 1.29 is 5.11 Å². The van der Waals surface area contributed by atoms with Crippen LogP contribution in [0.1, 0.15) is 19.4 Å². The summed E-state index contributed by atoms with van der Waals surface area (Å²) in [7, 11) is 0. The first kappa shape index (κ1) is 12.5. The van der Waals surface area contributed by atoms with Crippen molar-refractivity contribution in [3.63, 3.8) is 0 Å². The normalized spacial score (nSPS) is 10.4. The fraction of sp³-hybridized carbons (Fsp3) is 0.500. The highest BCUT2D eigenvalue weighted by atomic mass is 16.3. The molecule has 1 rings (SSSR count). The van der Waals surface area contributed by atoms with Gasteiger partial charge in [-0.05, 0) is 25.1 Å². The molecule has 0 heterocycles. The van der Waals surface area contributed by atoms with Gasteiger partial charge in [0.25, 0.3) is 0 Å². The second kappa shape index (κ2) is 6.09. The fourth-order valence-corrected chi connectivity index (χ4v) is 1.64. The molecule has 4 nitrogen and oxygen atoms in total. The maximum Gasteiger partial charge on any atom is 0.385 e. The van der Waals surface area contributed by atoms with Crippen LogP contribution in [0.2, 0.25) is 0 Å². The zero-order chi connectivity index (χ0) is 12.0. The largest absolute Gasteiger partial charge is 0.872 e. The molecule has 0 fully saturated rings. The van der Waals surface area contributed by atoms with Crippen molar-refractivity contribution in [2.45, 2.75) is 20.3 Å². The molecule has 0 atom stereocenters. The van der Waals surface area contributed by atoms with Gasteiger partial charge in [-0.1, -0.05) is 19.9 Å². The first-order chi connectivity index (χ1) is 7.71. The Morgan fingerprint density at radius 3 is 2.56 bits per heavy atom. The summed E-state index contributed by atoms with van der Waals surface area (Å²) in [6.45, 7) is 7.02. The minimum absolute atomic E-state index is 0.0135. The first-order valence-electron chi connectivity index (χ1n) is 5.58. The molecule has 0 saturated heterocycles. The molecular formula is C12H17N3O. The summed E-state index contributed by atoms with van der Waals surface area (Å²) in [4.78, 5) is 5.34. The van der Waals surface area contributed by atoms with E-state index in [9.17, 15) is 5.11 Å². The Morgan fingerprint density at radius 1 is 1.31 bits per heavy atom. The summed E-state index contributed by atoms with van der Waals surface area (Å²) in [6, 6.07) is 4.61. The van der Waals surface area contributed by atoms with E-state index >= 15 is 0 Å². The molecule has 0 bridgehead atoms. The van der Waals surface area contributed by atoms with E-state index in [1.165, 1.54) is 12.1 Å². The third-order valence-electron chi connectivity index (χ3n) is 2.75. The molecule has 86 valence electrons. The van der Waals surface area contributed by atoms with Crippen LogP contribution in [-0.2, 0) is 6.42 Å². The number of hydrogen-bond acceptors (Lipinski definition) is 3. The highest BCUT2D eigenvalue weighted by Gasteiger charge is 2.07. The van der Waals surface area contributed by atoms with Gasteiger partial charge in [-0.25, -0.2) is 0 Å². The standard InChI is InChI=1S/C12H17N3O/c1-3-15(4-2)8-7-10-9-11(14-13)5-6-12(10)16/h5-6,9H,3-4,7-8H2,1-2H3. The smallest absolute Gasteiger partial charge is 0.385 e. The third kappa shape index (κ3) is 3.21. The van der Waals surface area contributed by atoms with Gasteiger partial charge in [0.05, 0.1) is 0 Å². The molecule has 4 heteroatoms. The number of likely N-dealkylation sites (N-methyl/N-ethyl adjacent to an activating group) is 1. The lowest BCUT2D eigenvalue weighted by Gasteiger charge is -2.19. The van der Waals surface area contributed by atoms with Crippen molar-refractivity contribution in [2.75, 3.05) is 19.6 Å². The number of diazo groups is 1. The predicted molar refractivity (Wildman–Crippen MR) is 62.1 cm³/mol. The van der Waals surface area contributed by atoms with Crippen LogP contribution < -0.4 is 5.11 Å². The monoisotopic (exact) mass is 219 g/mol. The van der Waals surface area contributed by atoms with E-state index in [1.54, 1.807) is 6.07 Å². The van der Waals surface area contributed by atoms with Crippen molar-refractivity contribution in [2.24, 2.45) is 0 Å². The lowest BCUT2D eigenvalue weighted by molar-refractivity contribution is -0.269. The average molecular weight is 219 g/mol. The Balaban J connectivity index is 2.69. The van der Waals surface area contributed by atoms with E-state index in [-0.39, 0.29) is 5.75 Å². The van der Waals surface area contributed by atoms with Crippen LogP contribution in [0, 0.1) is 5.39 Å². The Kier molecular flexibility index (Phi) is 4.74. The van der Waals surface area contributed by atoms with Gasteiger partial charge in [0.1, 0.15) is 0 Å². The molecule has 0 aliphatic rings. The molecule has 1 aromatic rings. The molecule has 16 heavy (non-hydrogen) atoms. The quantitative estimate of drug-likeness (QED) is 0.713.